The zero-order valence-corrected chi connectivity index (χ0v) is 18.6. The van der Waals surface area contributed by atoms with Crippen LogP contribution >= 0.6 is 12.4 Å². The van der Waals surface area contributed by atoms with Gasteiger partial charge in [0.1, 0.15) is 5.82 Å². The summed E-state index contributed by atoms with van der Waals surface area (Å²) >= 11 is 0. The number of anilines is 2. The zero-order valence-electron chi connectivity index (χ0n) is 17.8. The number of nitrogens with zero attached hydrogens (tertiary/aromatic N) is 5. The van der Waals surface area contributed by atoms with Crippen LogP contribution in [0.4, 0.5) is 11.5 Å². The second kappa shape index (κ2) is 8.99. The van der Waals surface area contributed by atoms with Crippen LogP contribution in [0.15, 0.2) is 71.4 Å². The minimum absolute atomic E-state index is 0. The summed E-state index contributed by atoms with van der Waals surface area (Å²) in [5.74, 6) is 3.52. The van der Waals surface area contributed by atoms with Gasteiger partial charge in [-0.2, -0.15) is 4.98 Å². The minimum atomic E-state index is 0. The highest BCUT2D eigenvalue weighted by Crippen LogP contribution is 2.36. The Bertz CT molecular complexity index is 1240. The molecule has 1 fully saturated rings. The standard InChI is InChI=1S/C24H21N5O3.ClH/c1-2-5-17(6-3-1)22-26-24(32-27-22)19-7-4-10-25-23(19)29-13-11-28(12-14-29)18-8-9-20-21(15-18)31-16-30-20;/h1-10,15H,11-14,16H2;1H. The molecule has 8 nitrogen and oxygen atoms in total. The van der Waals surface area contributed by atoms with Gasteiger partial charge in [0.25, 0.3) is 5.89 Å². The second-order valence-corrected chi connectivity index (χ2v) is 7.68. The van der Waals surface area contributed by atoms with Crippen LogP contribution in [0.5, 0.6) is 11.5 Å². The molecule has 6 rings (SSSR count). The van der Waals surface area contributed by atoms with E-state index < -0.39 is 0 Å². The number of piperazine rings is 1. The molecule has 0 atom stereocenters. The third-order valence-corrected chi connectivity index (χ3v) is 5.78. The topological polar surface area (TPSA) is 76.8 Å². The van der Waals surface area contributed by atoms with Crippen LogP contribution in [-0.2, 0) is 0 Å². The Kier molecular flexibility index (Phi) is 5.75. The number of halogens is 1. The molecule has 2 aliphatic rings. The van der Waals surface area contributed by atoms with Gasteiger partial charge in [-0.25, -0.2) is 4.98 Å². The number of rotatable bonds is 4. The Labute approximate surface area is 197 Å². The Morgan fingerprint density at radius 1 is 0.788 bits per heavy atom. The van der Waals surface area contributed by atoms with E-state index in [0.717, 1.165) is 60.3 Å². The number of ether oxygens (including phenoxy) is 2. The summed E-state index contributed by atoms with van der Waals surface area (Å²) in [6.07, 6.45) is 1.80. The number of hydrogen-bond acceptors (Lipinski definition) is 8. The highest BCUT2D eigenvalue weighted by Gasteiger charge is 2.24. The molecule has 9 heteroatoms. The zero-order chi connectivity index (χ0) is 21.3. The molecule has 2 aromatic carbocycles. The Morgan fingerprint density at radius 3 is 2.42 bits per heavy atom. The largest absolute Gasteiger partial charge is 0.454 e. The Balaban J connectivity index is 0.00000228. The molecule has 4 heterocycles. The van der Waals surface area contributed by atoms with E-state index in [0.29, 0.717) is 11.7 Å². The van der Waals surface area contributed by atoms with E-state index >= 15 is 0 Å². The first-order valence-corrected chi connectivity index (χ1v) is 10.6. The summed E-state index contributed by atoms with van der Waals surface area (Å²) in [5.41, 5.74) is 2.91. The number of aromatic nitrogens is 3. The van der Waals surface area contributed by atoms with Crippen LogP contribution in [0.3, 0.4) is 0 Å². The predicted molar refractivity (Wildman–Crippen MR) is 127 cm³/mol. The lowest BCUT2D eigenvalue weighted by molar-refractivity contribution is 0.174. The quantitative estimate of drug-likeness (QED) is 0.444. The normalized spacial score (nSPS) is 14.8. The first kappa shape index (κ1) is 21.1. The lowest BCUT2D eigenvalue weighted by Crippen LogP contribution is -2.47. The van der Waals surface area contributed by atoms with Crippen LogP contribution in [-0.4, -0.2) is 48.1 Å². The molecule has 168 valence electrons. The smallest absolute Gasteiger partial charge is 0.261 e. The van der Waals surface area contributed by atoms with Crippen molar-refractivity contribution < 1.29 is 14.0 Å². The van der Waals surface area contributed by atoms with Gasteiger partial charge in [0.05, 0.1) is 5.56 Å². The van der Waals surface area contributed by atoms with Crippen molar-refractivity contribution >= 4 is 23.9 Å². The number of pyridine rings is 1. The molecule has 1 saturated heterocycles. The second-order valence-electron chi connectivity index (χ2n) is 7.68. The van der Waals surface area contributed by atoms with Crippen molar-refractivity contribution in [3.63, 3.8) is 0 Å². The van der Waals surface area contributed by atoms with Gasteiger partial charge in [0.2, 0.25) is 12.6 Å². The summed E-state index contributed by atoms with van der Waals surface area (Å²) < 4.78 is 16.6. The van der Waals surface area contributed by atoms with E-state index in [-0.39, 0.29) is 19.2 Å². The van der Waals surface area contributed by atoms with Crippen molar-refractivity contribution in [1.82, 2.24) is 15.1 Å². The third-order valence-electron chi connectivity index (χ3n) is 5.78. The fraction of sp³-hybridized carbons (Fsp3) is 0.208. The van der Waals surface area contributed by atoms with Gasteiger partial charge in [-0.15, -0.1) is 12.4 Å². The summed E-state index contributed by atoms with van der Waals surface area (Å²) in [6.45, 7) is 3.69. The summed E-state index contributed by atoms with van der Waals surface area (Å²) in [5, 5.41) is 4.17. The van der Waals surface area contributed by atoms with Crippen LogP contribution < -0.4 is 19.3 Å². The maximum atomic E-state index is 5.61. The molecule has 0 bridgehead atoms. The molecule has 2 aliphatic heterocycles. The van der Waals surface area contributed by atoms with E-state index in [2.05, 4.69) is 31.0 Å². The lowest BCUT2D eigenvalue weighted by Gasteiger charge is -2.37. The van der Waals surface area contributed by atoms with E-state index in [1.165, 1.54) is 0 Å². The molecule has 2 aromatic heterocycles. The SMILES string of the molecule is Cl.c1ccc(-c2noc(-c3cccnc3N3CCN(c4ccc5c(c4)OCO5)CC3)n2)cc1. The maximum absolute atomic E-state index is 5.61. The summed E-state index contributed by atoms with van der Waals surface area (Å²) in [7, 11) is 0. The molecule has 0 N–H and O–H groups in total. The molecule has 0 spiro atoms. The van der Waals surface area contributed by atoms with Crippen LogP contribution in [0.1, 0.15) is 0 Å². The highest BCUT2D eigenvalue weighted by atomic mass is 35.5. The monoisotopic (exact) mass is 463 g/mol. The number of hydrogen-bond donors (Lipinski definition) is 0. The van der Waals surface area contributed by atoms with Crippen LogP contribution in [0.2, 0.25) is 0 Å². The van der Waals surface area contributed by atoms with E-state index in [4.69, 9.17) is 14.0 Å². The van der Waals surface area contributed by atoms with E-state index in [9.17, 15) is 0 Å². The molecule has 0 radical (unpaired) electrons. The first-order chi connectivity index (χ1) is 15.8. The van der Waals surface area contributed by atoms with Gasteiger partial charge in [-0.3, -0.25) is 0 Å². The highest BCUT2D eigenvalue weighted by molar-refractivity contribution is 5.85. The van der Waals surface area contributed by atoms with Crippen molar-refractivity contribution in [2.24, 2.45) is 0 Å². The van der Waals surface area contributed by atoms with E-state index in [1.54, 1.807) is 6.20 Å². The third kappa shape index (κ3) is 4.05. The van der Waals surface area contributed by atoms with E-state index in [1.807, 2.05) is 54.6 Å². The Hall–Kier alpha value is -3.78. The van der Waals surface area contributed by atoms with Crippen molar-refractivity contribution in [3.8, 4) is 34.3 Å². The molecule has 0 amide bonds. The van der Waals surface area contributed by atoms with Crippen molar-refractivity contribution in [1.29, 1.82) is 0 Å². The van der Waals surface area contributed by atoms with Gasteiger partial charge in [-0.1, -0.05) is 35.5 Å². The fourth-order valence-corrected chi connectivity index (χ4v) is 4.11. The number of benzene rings is 2. The fourth-order valence-electron chi connectivity index (χ4n) is 4.11. The van der Waals surface area contributed by atoms with Gasteiger partial charge >= 0.3 is 0 Å². The lowest BCUT2D eigenvalue weighted by atomic mass is 10.2. The molecular weight excluding hydrogens is 442 g/mol. The average molecular weight is 464 g/mol. The Morgan fingerprint density at radius 2 is 1.58 bits per heavy atom. The van der Waals surface area contributed by atoms with Crippen molar-refractivity contribution in [3.05, 3.63) is 66.9 Å². The molecule has 0 saturated carbocycles. The van der Waals surface area contributed by atoms with Gasteiger partial charge in [-0.05, 0) is 24.3 Å². The predicted octanol–water partition coefficient (Wildman–Crippen LogP) is 4.28. The molecule has 0 aliphatic carbocycles. The maximum Gasteiger partial charge on any atom is 0.261 e. The number of fused-ring (bicyclic) bond motifs is 1. The van der Waals surface area contributed by atoms with Crippen molar-refractivity contribution in [2.75, 3.05) is 42.8 Å². The molecule has 4 aromatic rings. The molecular formula is C24H22ClN5O3. The first-order valence-electron chi connectivity index (χ1n) is 10.6. The van der Waals surface area contributed by atoms with Crippen molar-refractivity contribution in [2.45, 2.75) is 0 Å². The summed E-state index contributed by atoms with van der Waals surface area (Å²) in [4.78, 5) is 13.9. The summed E-state index contributed by atoms with van der Waals surface area (Å²) in [6, 6.07) is 19.8. The van der Waals surface area contributed by atoms with Crippen LogP contribution in [0, 0.1) is 0 Å². The van der Waals surface area contributed by atoms with Gasteiger partial charge in [0.15, 0.2) is 11.5 Å². The minimum Gasteiger partial charge on any atom is -0.454 e. The molecule has 0 unspecified atom stereocenters. The van der Waals surface area contributed by atoms with Gasteiger partial charge in [0, 0.05) is 49.7 Å². The molecule has 33 heavy (non-hydrogen) atoms. The average Bonchev–Trinajstić information content (AvgIpc) is 3.54. The van der Waals surface area contributed by atoms with Gasteiger partial charge < -0.3 is 23.8 Å². The van der Waals surface area contributed by atoms with Crippen LogP contribution in [0.25, 0.3) is 22.8 Å².